The largest absolute Gasteiger partial charge is 0.462 e. The van der Waals surface area contributed by atoms with E-state index in [1.807, 2.05) is 0 Å². The number of allylic oxidation sites excluding steroid dienone is 4. The average molecular weight is 930 g/mol. The fraction of sp³-hybridized carbons (Fsp3) is 0.883. The molecule has 0 spiro atoms. The maximum Gasteiger partial charge on any atom is 0.306 e. The van der Waals surface area contributed by atoms with Crippen molar-refractivity contribution in [3.8, 4) is 0 Å². The predicted octanol–water partition coefficient (Wildman–Crippen LogP) is 19.5. The minimum absolute atomic E-state index is 0.0764. The molecule has 0 rings (SSSR count). The van der Waals surface area contributed by atoms with E-state index in [2.05, 4.69) is 45.1 Å². The molecule has 0 bridgehead atoms. The Morgan fingerprint density at radius 2 is 0.530 bits per heavy atom. The highest BCUT2D eigenvalue weighted by molar-refractivity contribution is 5.71. The molecule has 6 heteroatoms. The third kappa shape index (κ3) is 52.9. The molecular weight excluding hydrogens is 817 g/mol. The van der Waals surface area contributed by atoms with Gasteiger partial charge in [0.15, 0.2) is 6.10 Å². The third-order valence-corrected chi connectivity index (χ3v) is 13.2. The molecule has 0 amide bonds. The number of hydrogen-bond acceptors (Lipinski definition) is 6. The van der Waals surface area contributed by atoms with E-state index in [9.17, 15) is 14.4 Å². The highest BCUT2D eigenvalue weighted by atomic mass is 16.6. The number of hydrogen-bond donors (Lipinski definition) is 0. The van der Waals surface area contributed by atoms with E-state index in [0.29, 0.717) is 19.3 Å². The van der Waals surface area contributed by atoms with Gasteiger partial charge in [-0.05, 0) is 44.9 Å². The lowest BCUT2D eigenvalue weighted by Gasteiger charge is -2.18. The Kier molecular flexibility index (Phi) is 53.7. The lowest BCUT2D eigenvalue weighted by atomic mass is 10.0. The number of ether oxygens (including phenoxy) is 3. The van der Waals surface area contributed by atoms with Gasteiger partial charge in [-0.2, -0.15) is 0 Å². The van der Waals surface area contributed by atoms with Crippen LogP contribution in [0.4, 0.5) is 0 Å². The van der Waals surface area contributed by atoms with E-state index in [1.54, 1.807) is 0 Å². The van der Waals surface area contributed by atoms with Gasteiger partial charge in [0.2, 0.25) is 0 Å². The van der Waals surface area contributed by atoms with Gasteiger partial charge in [0.1, 0.15) is 13.2 Å². The molecule has 0 aromatic rings. The summed E-state index contributed by atoms with van der Waals surface area (Å²) in [7, 11) is 0. The van der Waals surface area contributed by atoms with Crippen LogP contribution in [0.1, 0.15) is 323 Å². The van der Waals surface area contributed by atoms with Crippen molar-refractivity contribution >= 4 is 17.9 Å². The zero-order chi connectivity index (χ0) is 47.9. The van der Waals surface area contributed by atoms with E-state index in [4.69, 9.17) is 14.2 Å². The van der Waals surface area contributed by atoms with Crippen molar-refractivity contribution in [1.82, 2.24) is 0 Å². The zero-order valence-electron chi connectivity index (χ0n) is 44.5. The molecule has 0 aromatic heterocycles. The number of carbonyl (C=O) groups is 3. The van der Waals surface area contributed by atoms with Gasteiger partial charge < -0.3 is 14.2 Å². The van der Waals surface area contributed by atoms with Crippen molar-refractivity contribution in [3.63, 3.8) is 0 Å². The standard InChI is InChI=1S/C60H112O6/c1-4-7-10-13-16-19-22-25-28-30-31-33-35-38-41-44-47-50-53-59(62)65-56-57(55-64-58(61)52-49-46-43-40-37-34-27-24-21-18-15-12-9-6-3)66-60(63)54-51-48-45-42-39-36-32-29-26-23-20-17-14-11-8-5-2/h29,32,36,39,57H,4-28,30-31,33-35,37-38,40-56H2,1-3H3/b32-29-,39-36-. The third-order valence-electron chi connectivity index (χ3n) is 13.2. The van der Waals surface area contributed by atoms with Gasteiger partial charge in [-0.15, -0.1) is 0 Å². The Balaban J connectivity index is 4.35. The summed E-state index contributed by atoms with van der Waals surface area (Å²) in [6, 6.07) is 0. The first-order chi connectivity index (χ1) is 32.5. The summed E-state index contributed by atoms with van der Waals surface area (Å²) < 4.78 is 16.9. The Morgan fingerprint density at radius 3 is 0.818 bits per heavy atom. The van der Waals surface area contributed by atoms with E-state index in [0.717, 1.165) is 70.6 Å². The fourth-order valence-corrected chi connectivity index (χ4v) is 8.79. The maximum atomic E-state index is 12.8. The molecule has 0 radical (unpaired) electrons. The van der Waals surface area contributed by atoms with Crippen LogP contribution in [0.2, 0.25) is 0 Å². The smallest absolute Gasteiger partial charge is 0.306 e. The summed E-state index contributed by atoms with van der Waals surface area (Å²) in [5, 5.41) is 0. The minimum Gasteiger partial charge on any atom is -0.462 e. The Hall–Kier alpha value is -2.11. The van der Waals surface area contributed by atoms with Gasteiger partial charge in [0.25, 0.3) is 0 Å². The highest BCUT2D eigenvalue weighted by Gasteiger charge is 2.19. The molecular formula is C60H112O6. The number of rotatable bonds is 54. The summed E-state index contributed by atoms with van der Waals surface area (Å²) in [5.74, 6) is -0.880. The Morgan fingerprint density at radius 1 is 0.303 bits per heavy atom. The molecule has 0 aliphatic rings. The number of esters is 3. The summed E-state index contributed by atoms with van der Waals surface area (Å²) >= 11 is 0. The van der Waals surface area contributed by atoms with Crippen molar-refractivity contribution in [2.45, 2.75) is 329 Å². The average Bonchev–Trinajstić information content (AvgIpc) is 3.31. The number of unbranched alkanes of at least 4 members (excludes halogenated alkanes) is 40. The van der Waals surface area contributed by atoms with Crippen molar-refractivity contribution in [3.05, 3.63) is 24.3 Å². The van der Waals surface area contributed by atoms with E-state index in [1.165, 1.54) is 212 Å². The number of carbonyl (C=O) groups excluding carboxylic acids is 3. The molecule has 388 valence electrons. The van der Waals surface area contributed by atoms with Crippen LogP contribution in [0.3, 0.4) is 0 Å². The van der Waals surface area contributed by atoms with Gasteiger partial charge in [0, 0.05) is 19.3 Å². The van der Waals surface area contributed by atoms with Crippen LogP contribution in [-0.2, 0) is 28.6 Å². The van der Waals surface area contributed by atoms with Crippen LogP contribution < -0.4 is 0 Å². The molecule has 0 aromatic carbocycles. The molecule has 1 unspecified atom stereocenters. The molecule has 0 heterocycles. The van der Waals surface area contributed by atoms with Crippen molar-refractivity contribution in [2.75, 3.05) is 13.2 Å². The quantitative estimate of drug-likeness (QED) is 0.0262. The molecule has 0 fully saturated rings. The maximum absolute atomic E-state index is 12.8. The van der Waals surface area contributed by atoms with Crippen LogP contribution in [0.5, 0.6) is 0 Å². The van der Waals surface area contributed by atoms with E-state index >= 15 is 0 Å². The molecule has 6 nitrogen and oxygen atoms in total. The van der Waals surface area contributed by atoms with Gasteiger partial charge >= 0.3 is 17.9 Å². The molecule has 0 aliphatic heterocycles. The first-order valence-electron chi connectivity index (χ1n) is 29.4. The topological polar surface area (TPSA) is 78.9 Å². The highest BCUT2D eigenvalue weighted by Crippen LogP contribution is 2.17. The predicted molar refractivity (Wildman–Crippen MR) is 284 cm³/mol. The van der Waals surface area contributed by atoms with Crippen LogP contribution in [0.25, 0.3) is 0 Å². The Bertz CT molecular complexity index is 1070. The second kappa shape index (κ2) is 55.5. The van der Waals surface area contributed by atoms with Gasteiger partial charge in [-0.3, -0.25) is 14.4 Å². The molecule has 0 saturated heterocycles. The second-order valence-electron chi connectivity index (χ2n) is 20.0. The normalized spacial score (nSPS) is 12.1. The van der Waals surface area contributed by atoms with Crippen LogP contribution >= 0.6 is 0 Å². The summed E-state index contributed by atoms with van der Waals surface area (Å²) in [6.45, 7) is 6.67. The van der Waals surface area contributed by atoms with Gasteiger partial charge in [-0.25, -0.2) is 0 Å². The van der Waals surface area contributed by atoms with Gasteiger partial charge in [0.05, 0.1) is 0 Å². The molecule has 0 saturated carbocycles. The summed E-state index contributed by atoms with van der Waals surface area (Å²) in [5.41, 5.74) is 0. The van der Waals surface area contributed by atoms with E-state index < -0.39 is 6.10 Å². The SMILES string of the molecule is CCCCCCCCC/C=C\C=C/CCCCCC(=O)OC(COC(=O)CCCCCCCCCCCCCCCC)COC(=O)CCCCCCCCCCCCCCCCCCCC. The Labute approximate surface area is 411 Å². The van der Waals surface area contributed by atoms with Crippen LogP contribution in [0.15, 0.2) is 24.3 Å². The van der Waals surface area contributed by atoms with Crippen molar-refractivity contribution < 1.29 is 28.6 Å². The molecule has 1 atom stereocenters. The molecule has 0 aliphatic carbocycles. The lowest BCUT2D eigenvalue weighted by Crippen LogP contribution is -2.30. The first-order valence-corrected chi connectivity index (χ1v) is 29.4. The van der Waals surface area contributed by atoms with Crippen molar-refractivity contribution in [1.29, 1.82) is 0 Å². The summed E-state index contributed by atoms with van der Waals surface area (Å²) in [4.78, 5) is 38.1. The first kappa shape index (κ1) is 63.9. The fourth-order valence-electron chi connectivity index (χ4n) is 8.79. The minimum atomic E-state index is -0.780. The van der Waals surface area contributed by atoms with Gasteiger partial charge in [-0.1, -0.05) is 283 Å². The second-order valence-corrected chi connectivity index (χ2v) is 20.0. The summed E-state index contributed by atoms with van der Waals surface area (Å²) in [6.07, 6.45) is 64.5. The van der Waals surface area contributed by atoms with E-state index in [-0.39, 0.29) is 31.1 Å². The van der Waals surface area contributed by atoms with Crippen molar-refractivity contribution in [2.24, 2.45) is 0 Å². The molecule has 66 heavy (non-hydrogen) atoms. The molecule has 0 N–H and O–H groups in total. The van der Waals surface area contributed by atoms with Crippen LogP contribution in [-0.4, -0.2) is 37.2 Å². The zero-order valence-corrected chi connectivity index (χ0v) is 44.5. The monoisotopic (exact) mass is 929 g/mol. The van der Waals surface area contributed by atoms with Crippen LogP contribution in [0, 0.1) is 0 Å². The lowest BCUT2D eigenvalue weighted by molar-refractivity contribution is -0.167.